The molecule has 0 saturated carbocycles. The van der Waals surface area contributed by atoms with Crippen molar-refractivity contribution in [1.29, 1.82) is 0 Å². The molecule has 0 spiro atoms. The molecule has 96 valence electrons. The van der Waals surface area contributed by atoms with E-state index in [1.165, 1.54) is 11.3 Å². The number of nitrogen functional groups attached to an aromatic ring is 1. The van der Waals surface area contributed by atoms with Gasteiger partial charge in [0.25, 0.3) is 5.56 Å². The number of thiophene rings is 1. The van der Waals surface area contributed by atoms with Crippen molar-refractivity contribution in [2.75, 3.05) is 5.73 Å². The molecule has 3 rings (SSSR count). The summed E-state index contributed by atoms with van der Waals surface area (Å²) >= 11 is 1.42. The van der Waals surface area contributed by atoms with Gasteiger partial charge in [0.1, 0.15) is 0 Å². The number of hydrogen-bond acceptors (Lipinski definition) is 5. The lowest BCUT2D eigenvalue weighted by Gasteiger charge is -2.01. The van der Waals surface area contributed by atoms with E-state index in [-0.39, 0.29) is 5.56 Å². The third-order valence-electron chi connectivity index (χ3n) is 2.90. The summed E-state index contributed by atoms with van der Waals surface area (Å²) < 4.78 is 5.67. The minimum atomic E-state index is -0.223. The Morgan fingerprint density at radius 2 is 2.26 bits per heavy atom. The van der Waals surface area contributed by atoms with Gasteiger partial charge in [-0.2, -0.15) is 4.98 Å². The van der Waals surface area contributed by atoms with Crippen LogP contribution in [-0.2, 0) is 6.42 Å². The number of aromatic nitrogens is 1. The van der Waals surface area contributed by atoms with E-state index in [0.29, 0.717) is 28.3 Å². The van der Waals surface area contributed by atoms with Crippen LogP contribution in [0.15, 0.2) is 38.9 Å². The van der Waals surface area contributed by atoms with Crippen LogP contribution in [-0.4, -0.2) is 4.98 Å². The first-order chi connectivity index (χ1) is 9.13. The molecule has 2 heterocycles. The lowest BCUT2D eigenvalue weighted by Crippen LogP contribution is -2.09. The molecule has 2 aromatic heterocycles. The smallest absolute Gasteiger partial charge is 0.284 e. The quantitative estimate of drug-likeness (QED) is 0.728. The Morgan fingerprint density at radius 1 is 1.42 bits per heavy atom. The Bertz CT molecular complexity index is 805. The highest BCUT2D eigenvalue weighted by Crippen LogP contribution is 2.23. The number of rotatable bonds is 2. The predicted molar refractivity (Wildman–Crippen MR) is 76.6 cm³/mol. The van der Waals surface area contributed by atoms with Crippen molar-refractivity contribution < 1.29 is 4.42 Å². The standard InChI is InChI=1S/C14H12N2O2S/c1-8-7-19-14-12(8)13(17)16-11(18-14)6-9-3-2-4-10(15)5-9/h2-5,7H,6,15H2,1H3. The molecule has 2 N–H and O–H groups in total. The van der Waals surface area contributed by atoms with Crippen molar-refractivity contribution in [2.45, 2.75) is 13.3 Å². The van der Waals surface area contributed by atoms with E-state index in [1.54, 1.807) is 0 Å². The number of nitrogens with two attached hydrogens (primary N) is 1. The maximum atomic E-state index is 11.9. The van der Waals surface area contributed by atoms with Crippen LogP contribution in [0.25, 0.3) is 10.3 Å². The topological polar surface area (TPSA) is 69.1 Å². The van der Waals surface area contributed by atoms with Gasteiger partial charge in [-0.15, -0.1) is 11.3 Å². The fraction of sp³-hybridized carbons (Fsp3) is 0.143. The van der Waals surface area contributed by atoms with Crippen molar-refractivity contribution in [3.05, 3.63) is 57.0 Å². The molecular weight excluding hydrogens is 260 g/mol. The largest absolute Gasteiger partial charge is 0.431 e. The Kier molecular flexibility index (Phi) is 2.83. The van der Waals surface area contributed by atoms with Gasteiger partial charge in [-0.1, -0.05) is 12.1 Å². The zero-order valence-corrected chi connectivity index (χ0v) is 11.2. The molecule has 0 aliphatic carbocycles. The van der Waals surface area contributed by atoms with Gasteiger partial charge < -0.3 is 10.2 Å². The molecule has 4 nitrogen and oxygen atoms in total. The number of fused-ring (bicyclic) bond motifs is 1. The van der Waals surface area contributed by atoms with Crippen LogP contribution >= 0.6 is 11.3 Å². The summed E-state index contributed by atoms with van der Waals surface area (Å²) in [6, 6.07) is 7.48. The lowest BCUT2D eigenvalue weighted by molar-refractivity contribution is 0.524. The molecule has 0 aliphatic rings. The SMILES string of the molecule is Cc1csc2oc(Cc3cccc(N)c3)nc(=O)c12. The first-order valence-electron chi connectivity index (χ1n) is 5.86. The van der Waals surface area contributed by atoms with Crippen molar-refractivity contribution in [2.24, 2.45) is 0 Å². The average molecular weight is 272 g/mol. The Hall–Kier alpha value is -2.14. The van der Waals surface area contributed by atoms with E-state index < -0.39 is 0 Å². The summed E-state index contributed by atoms with van der Waals surface area (Å²) in [5.74, 6) is 0.421. The highest BCUT2D eigenvalue weighted by Gasteiger charge is 2.11. The number of hydrogen-bond donors (Lipinski definition) is 1. The fourth-order valence-electron chi connectivity index (χ4n) is 2.00. The highest BCUT2D eigenvalue weighted by molar-refractivity contribution is 7.16. The minimum Gasteiger partial charge on any atom is -0.431 e. The van der Waals surface area contributed by atoms with Gasteiger partial charge in [0, 0.05) is 12.1 Å². The molecule has 0 bridgehead atoms. The van der Waals surface area contributed by atoms with E-state index in [1.807, 2.05) is 36.6 Å². The normalized spacial score (nSPS) is 11.0. The Labute approximate surface area is 113 Å². The van der Waals surface area contributed by atoms with Crippen LogP contribution < -0.4 is 11.3 Å². The molecule has 0 saturated heterocycles. The monoisotopic (exact) mass is 272 g/mol. The lowest BCUT2D eigenvalue weighted by atomic mass is 10.1. The molecule has 0 unspecified atom stereocenters. The maximum absolute atomic E-state index is 11.9. The molecule has 1 aromatic carbocycles. The van der Waals surface area contributed by atoms with Crippen molar-refractivity contribution in [3.8, 4) is 0 Å². The second-order valence-electron chi connectivity index (χ2n) is 4.42. The van der Waals surface area contributed by atoms with Gasteiger partial charge >= 0.3 is 0 Å². The third-order valence-corrected chi connectivity index (χ3v) is 3.87. The van der Waals surface area contributed by atoms with Crippen LogP contribution in [0.4, 0.5) is 5.69 Å². The molecule has 0 aliphatic heterocycles. The van der Waals surface area contributed by atoms with E-state index in [0.717, 1.165) is 11.1 Å². The number of benzene rings is 1. The van der Waals surface area contributed by atoms with Crippen molar-refractivity contribution >= 4 is 27.3 Å². The average Bonchev–Trinajstić information content (AvgIpc) is 2.71. The zero-order chi connectivity index (χ0) is 13.4. The number of anilines is 1. The Morgan fingerprint density at radius 3 is 3.05 bits per heavy atom. The third kappa shape index (κ3) is 2.24. The van der Waals surface area contributed by atoms with E-state index >= 15 is 0 Å². The second-order valence-corrected chi connectivity index (χ2v) is 5.26. The summed E-state index contributed by atoms with van der Waals surface area (Å²) in [5.41, 5.74) is 8.08. The molecular formula is C14H12N2O2S. The van der Waals surface area contributed by atoms with Crippen LogP contribution in [0.1, 0.15) is 17.0 Å². The molecule has 3 aromatic rings. The van der Waals surface area contributed by atoms with Gasteiger partial charge in [0.15, 0.2) is 4.90 Å². The maximum Gasteiger partial charge on any atom is 0.284 e. The Balaban J connectivity index is 2.04. The number of aryl methyl sites for hydroxylation is 1. The molecule has 0 amide bonds. The van der Waals surface area contributed by atoms with Crippen LogP contribution in [0.5, 0.6) is 0 Å². The van der Waals surface area contributed by atoms with Crippen molar-refractivity contribution in [3.63, 3.8) is 0 Å². The van der Waals surface area contributed by atoms with Crippen LogP contribution in [0.3, 0.4) is 0 Å². The number of nitrogens with zero attached hydrogens (tertiary/aromatic N) is 1. The van der Waals surface area contributed by atoms with E-state index in [2.05, 4.69) is 4.98 Å². The first kappa shape index (κ1) is 11.9. The molecule has 0 fully saturated rings. The van der Waals surface area contributed by atoms with E-state index in [4.69, 9.17) is 10.2 Å². The van der Waals surface area contributed by atoms with Gasteiger partial charge in [-0.3, -0.25) is 4.79 Å². The highest BCUT2D eigenvalue weighted by atomic mass is 32.1. The fourth-order valence-corrected chi connectivity index (χ4v) is 2.92. The van der Waals surface area contributed by atoms with Crippen molar-refractivity contribution in [1.82, 2.24) is 4.98 Å². The first-order valence-corrected chi connectivity index (χ1v) is 6.73. The summed E-state index contributed by atoms with van der Waals surface area (Å²) in [6.45, 7) is 1.88. The summed E-state index contributed by atoms with van der Waals surface area (Å²) in [4.78, 5) is 16.6. The van der Waals surface area contributed by atoms with Gasteiger partial charge in [-0.05, 0) is 35.6 Å². The second kappa shape index (κ2) is 4.51. The van der Waals surface area contributed by atoms with Gasteiger partial charge in [0.2, 0.25) is 5.89 Å². The molecule has 0 atom stereocenters. The van der Waals surface area contributed by atoms with Crippen LogP contribution in [0.2, 0.25) is 0 Å². The zero-order valence-electron chi connectivity index (χ0n) is 10.3. The summed E-state index contributed by atoms with van der Waals surface area (Å²) in [6.07, 6.45) is 0.465. The van der Waals surface area contributed by atoms with E-state index in [9.17, 15) is 4.79 Å². The minimum absolute atomic E-state index is 0.223. The van der Waals surface area contributed by atoms with Crippen LogP contribution in [0, 0.1) is 6.92 Å². The summed E-state index contributed by atoms with van der Waals surface area (Å²) in [5, 5.41) is 2.49. The molecule has 5 heteroatoms. The summed E-state index contributed by atoms with van der Waals surface area (Å²) in [7, 11) is 0. The predicted octanol–water partition coefficient (Wildman–Crippen LogP) is 2.73. The van der Waals surface area contributed by atoms with Gasteiger partial charge in [0.05, 0.1) is 5.39 Å². The molecule has 0 radical (unpaired) electrons. The van der Waals surface area contributed by atoms with Gasteiger partial charge in [-0.25, -0.2) is 0 Å². The molecule has 19 heavy (non-hydrogen) atoms.